The van der Waals surface area contributed by atoms with E-state index in [2.05, 4.69) is 15.0 Å². The number of halogens is 1. The number of aromatic nitrogens is 3. The van der Waals surface area contributed by atoms with Crippen molar-refractivity contribution >= 4 is 5.91 Å². The Labute approximate surface area is 149 Å². The SMILES string of the molecule is O=C(c1ncccn1)N1CCC[C@H]1c1ncc(Cc2cccc(F)c2)o1. The zero-order valence-electron chi connectivity index (χ0n) is 14.0. The summed E-state index contributed by atoms with van der Waals surface area (Å²) in [5.74, 6) is 0.806. The summed E-state index contributed by atoms with van der Waals surface area (Å²) in [5.41, 5.74) is 0.810. The van der Waals surface area contributed by atoms with Gasteiger partial charge in [0.2, 0.25) is 11.7 Å². The van der Waals surface area contributed by atoms with E-state index in [1.54, 1.807) is 35.6 Å². The van der Waals surface area contributed by atoms with E-state index in [1.165, 1.54) is 12.1 Å². The molecule has 2 aromatic heterocycles. The second-order valence-corrected chi connectivity index (χ2v) is 6.20. The van der Waals surface area contributed by atoms with Gasteiger partial charge in [0.1, 0.15) is 17.6 Å². The Morgan fingerprint density at radius 1 is 1.23 bits per heavy atom. The van der Waals surface area contributed by atoms with Gasteiger partial charge in [0.25, 0.3) is 5.91 Å². The van der Waals surface area contributed by atoms with Gasteiger partial charge in [0.05, 0.1) is 6.20 Å². The van der Waals surface area contributed by atoms with E-state index >= 15 is 0 Å². The first-order chi connectivity index (χ1) is 12.7. The van der Waals surface area contributed by atoms with Gasteiger partial charge in [-0.1, -0.05) is 12.1 Å². The van der Waals surface area contributed by atoms with Gasteiger partial charge in [-0.15, -0.1) is 0 Å². The molecule has 132 valence electrons. The maximum absolute atomic E-state index is 13.3. The number of likely N-dealkylation sites (tertiary alicyclic amines) is 1. The van der Waals surface area contributed by atoms with Gasteiger partial charge in [-0.25, -0.2) is 19.3 Å². The predicted molar refractivity (Wildman–Crippen MR) is 90.8 cm³/mol. The lowest BCUT2D eigenvalue weighted by molar-refractivity contribution is 0.0702. The molecule has 0 unspecified atom stereocenters. The highest BCUT2D eigenvalue weighted by Gasteiger charge is 2.34. The summed E-state index contributed by atoms with van der Waals surface area (Å²) in [4.78, 5) is 26.8. The summed E-state index contributed by atoms with van der Waals surface area (Å²) in [6.45, 7) is 0.614. The first kappa shape index (κ1) is 16.4. The molecule has 1 aromatic carbocycles. The molecule has 26 heavy (non-hydrogen) atoms. The molecule has 0 saturated carbocycles. The first-order valence-electron chi connectivity index (χ1n) is 8.48. The largest absolute Gasteiger partial charge is 0.443 e. The zero-order chi connectivity index (χ0) is 17.9. The third-order valence-electron chi connectivity index (χ3n) is 4.39. The molecular weight excluding hydrogens is 335 g/mol. The molecule has 1 aliphatic rings. The monoisotopic (exact) mass is 352 g/mol. The second kappa shape index (κ2) is 7.03. The molecule has 3 heterocycles. The average Bonchev–Trinajstić information content (AvgIpc) is 3.31. The Hall–Kier alpha value is -3.09. The fourth-order valence-corrected chi connectivity index (χ4v) is 3.21. The Kier molecular flexibility index (Phi) is 4.43. The smallest absolute Gasteiger partial charge is 0.292 e. The van der Waals surface area contributed by atoms with Crippen LogP contribution < -0.4 is 0 Å². The lowest BCUT2D eigenvalue weighted by Gasteiger charge is -2.21. The van der Waals surface area contributed by atoms with Crippen molar-refractivity contribution in [3.05, 3.63) is 77.8 Å². The number of hydrogen-bond donors (Lipinski definition) is 0. The summed E-state index contributed by atoms with van der Waals surface area (Å²) in [5, 5.41) is 0. The third kappa shape index (κ3) is 3.33. The summed E-state index contributed by atoms with van der Waals surface area (Å²) >= 11 is 0. The van der Waals surface area contributed by atoms with Crippen molar-refractivity contribution in [3.8, 4) is 0 Å². The lowest BCUT2D eigenvalue weighted by atomic mass is 10.1. The third-order valence-corrected chi connectivity index (χ3v) is 4.39. The molecule has 1 amide bonds. The molecule has 1 fully saturated rings. The van der Waals surface area contributed by atoms with E-state index in [1.807, 2.05) is 6.07 Å². The predicted octanol–water partition coefficient (Wildman–Crippen LogP) is 3.17. The van der Waals surface area contributed by atoms with E-state index in [0.29, 0.717) is 24.6 Å². The van der Waals surface area contributed by atoms with E-state index < -0.39 is 0 Å². The minimum atomic E-state index is -0.280. The Balaban J connectivity index is 1.52. The van der Waals surface area contributed by atoms with E-state index in [9.17, 15) is 9.18 Å². The van der Waals surface area contributed by atoms with Crippen LogP contribution >= 0.6 is 0 Å². The van der Waals surface area contributed by atoms with E-state index in [-0.39, 0.29) is 23.6 Å². The molecule has 4 rings (SSSR count). The molecule has 0 radical (unpaired) electrons. The van der Waals surface area contributed by atoms with Crippen LogP contribution in [0, 0.1) is 5.82 Å². The van der Waals surface area contributed by atoms with Gasteiger partial charge < -0.3 is 9.32 Å². The summed E-state index contributed by atoms with van der Waals surface area (Å²) in [7, 11) is 0. The quantitative estimate of drug-likeness (QED) is 0.721. The van der Waals surface area contributed by atoms with Crippen LogP contribution in [0.1, 0.15) is 46.7 Å². The van der Waals surface area contributed by atoms with Gasteiger partial charge in [0, 0.05) is 25.4 Å². The molecule has 1 saturated heterocycles. The maximum Gasteiger partial charge on any atom is 0.292 e. The van der Waals surface area contributed by atoms with Crippen LogP contribution in [0.2, 0.25) is 0 Å². The molecule has 0 spiro atoms. The van der Waals surface area contributed by atoms with Crippen molar-refractivity contribution in [1.29, 1.82) is 0 Å². The Morgan fingerprint density at radius 3 is 2.88 bits per heavy atom. The van der Waals surface area contributed by atoms with Crippen LogP contribution in [0.15, 0.2) is 53.3 Å². The van der Waals surface area contributed by atoms with Crippen LogP contribution in [-0.2, 0) is 6.42 Å². The number of benzene rings is 1. The Morgan fingerprint density at radius 2 is 2.08 bits per heavy atom. The van der Waals surface area contributed by atoms with E-state index in [0.717, 1.165) is 18.4 Å². The summed E-state index contributed by atoms with van der Waals surface area (Å²) < 4.78 is 19.2. The highest BCUT2D eigenvalue weighted by Crippen LogP contribution is 2.32. The highest BCUT2D eigenvalue weighted by atomic mass is 19.1. The molecule has 0 N–H and O–H groups in total. The van der Waals surface area contributed by atoms with Crippen molar-refractivity contribution in [2.75, 3.05) is 6.54 Å². The number of oxazole rings is 1. The van der Waals surface area contributed by atoms with Crippen molar-refractivity contribution in [2.45, 2.75) is 25.3 Å². The number of carbonyl (C=O) groups excluding carboxylic acids is 1. The fourth-order valence-electron chi connectivity index (χ4n) is 3.21. The average molecular weight is 352 g/mol. The van der Waals surface area contributed by atoms with Gasteiger partial charge in [-0.05, 0) is 36.6 Å². The minimum Gasteiger partial charge on any atom is -0.443 e. The van der Waals surface area contributed by atoms with Crippen molar-refractivity contribution in [1.82, 2.24) is 19.9 Å². The number of hydrogen-bond acceptors (Lipinski definition) is 5. The second-order valence-electron chi connectivity index (χ2n) is 6.20. The number of carbonyl (C=O) groups is 1. The molecule has 6 nitrogen and oxygen atoms in total. The van der Waals surface area contributed by atoms with Crippen LogP contribution in [-0.4, -0.2) is 32.3 Å². The molecule has 1 aliphatic heterocycles. The minimum absolute atomic E-state index is 0.172. The first-order valence-corrected chi connectivity index (χ1v) is 8.48. The molecule has 0 aliphatic carbocycles. The number of nitrogens with zero attached hydrogens (tertiary/aromatic N) is 4. The molecule has 1 atom stereocenters. The summed E-state index contributed by atoms with van der Waals surface area (Å²) in [6.07, 6.45) is 6.83. The van der Waals surface area contributed by atoms with Crippen molar-refractivity contribution in [2.24, 2.45) is 0 Å². The van der Waals surface area contributed by atoms with Crippen LogP contribution in [0.3, 0.4) is 0 Å². The highest BCUT2D eigenvalue weighted by molar-refractivity contribution is 5.90. The van der Waals surface area contributed by atoms with E-state index in [4.69, 9.17) is 4.42 Å². The van der Waals surface area contributed by atoms with Crippen molar-refractivity contribution < 1.29 is 13.6 Å². The standard InChI is InChI=1S/C19H17FN4O2/c20-14-5-1-4-13(10-14)11-15-12-23-18(26-15)16-6-2-9-24(16)19(25)17-21-7-3-8-22-17/h1,3-5,7-8,10,12,16H,2,6,9,11H2/t16-/m0/s1. The fraction of sp³-hybridized carbons (Fsp3) is 0.263. The Bertz CT molecular complexity index is 913. The number of amides is 1. The van der Waals surface area contributed by atoms with Crippen LogP contribution in [0.5, 0.6) is 0 Å². The van der Waals surface area contributed by atoms with Crippen LogP contribution in [0.4, 0.5) is 4.39 Å². The zero-order valence-corrected chi connectivity index (χ0v) is 14.0. The summed E-state index contributed by atoms with van der Waals surface area (Å²) in [6, 6.07) is 7.82. The van der Waals surface area contributed by atoms with Gasteiger partial charge in [0.15, 0.2) is 0 Å². The molecule has 7 heteroatoms. The van der Waals surface area contributed by atoms with Gasteiger partial charge in [-0.3, -0.25) is 4.79 Å². The van der Waals surface area contributed by atoms with Crippen molar-refractivity contribution in [3.63, 3.8) is 0 Å². The lowest BCUT2D eigenvalue weighted by Crippen LogP contribution is -2.32. The van der Waals surface area contributed by atoms with Gasteiger partial charge in [-0.2, -0.15) is 0 Å². The maximum atomic E-state index is 13.3. The topological polar surface area (TPSA) is 72.1 Å². The molecule has 3 aromatic rings. The normalized spacial score (nSPS) is 16.8. The molecular formula is C19H17FN4O2. The molecule has 0 bridgehead atoms. The van der Waals surface area contributed by atoms with Crippen LogP contribution in [0.25, 0.3) is 0 Å². The van der Waals surface area contributed by atoms with Gasteiger partial charge >= 0.3 is 0 Å². The number of rotatable bonds is 4.